The predicted octanol–water partition coefficient (Wildman–Crippen LogP) is 14.0. The van der Waals surface area contributed by atoms with Crippen molar-refractivity contribution in [1.29, 1.82) is 0 Å². The van der Waals surface area contributed by atoms with Crippen LogP contribution in [0.1, 0.15) is 0 Å². The van der Waals surface area contributed by atoms with Gasteiger partial charge >= 0.3 is 0 Å². The Kier molecular flexibility index (Phi) is 5.20. The SMILES string of the molecule is c1ccc2c(c1)sc1cc(-c3c4ccccc4c(-c4cccc5c4oc4ccc6sc7ccccc7c6c45)c4ccccc34)ccc12. The minimum atomic E-state index is 0.936. The van der Waals surface area contributed by atoms with Crippen LogP contribution < -0.4 is 0 Å². The second-order valence-electron chi connectivity index (χ2n) is 12.3. The number of furan rings is 1. The fourth-order valence-electron chi connectivity index (χ4n) is 7.91. The molecule has 0 saturated heterocycles. The van der Waals surface area contributed by atoms with E-state index in [2.05, 4.69) is 146 Å². The van der Waals surface area contributed by atoms with Gasteiger partial charge in [-0.05, 0) is 63.0 Å². The van der Waals surface area contributed by atoms with Crippen molar-refractivity contribution in [2.45, 2.75) is 0 Å². The van der Waals surface area contributed by atoms with Gasteiger partial charge in [-0.3, -0.25) is 0 Å². The lowest BCUT2D eigenvalue weighted by Crippen LogP contribution is -1.91. The highest BCUT2D eigenvalue weighted by Gasteiger charge is 2.22. The zero-order chi connectivity index (χ0) is 30.6. The minimum absolute atomic E-state index is 0.936. The van der Waals surface area contributed by atoms with Crippen molar-refractivity contribution in [3.63, 3.8) is 0 Å². The molecule has 47 heavy (non-hydrogen) atoms. The van der Waals surface area contributed by atoms with E-state index in [0.717, 1.165) is 16.7 Å². The zero-order valence-electron chi connectivity index (χ0n) is 25.1. The first kappa shape index (κ1) is 25.7. The molecule has 8 aromatic carbocycles. The van der Waals surface area contributed by atoms with Crippen LogP contribution in [-0.2, 0) is 0 Å². The number of benzene rings is 8. The summed E-state index contributed by atoms with van der Waals surface area (Å²) in [5.74, 6) is 0. The standard InChI is InChI=1S/C44H24OS2/c1-3-13-30-28(11-1)40(25-20-21-27-26-10-5-7-18-36(26)47-39(27)24-25)29-12-2-4-14-31(29)41(30)33-16-9-17-34-42-35(45-44(33)34)22-23-38-43(42)32-15-6-8-19-37(32)46-38/h1-24H. The summed E-state index contributed by atoms with van der Waals surface area (Å²) in [6.07, 6.45) is 0. The molecule has 3 heterocycles. The smallest absolute Gasteiger partial charge is 0.143 e. The molecule has 0 radical (unpaired) electrons. The molecule has 1 nitrogen and oxygen atoms in total. The Bertz CT molecular complexity index is 3020. The van der Waals surface area contributed by atoms with E-state index in [9.17, 15) is 0 Å². The fraction of sp³-hybridized carbons (Fsp3) is 0. The van der Waals surface area contributed by atoms with Gasteiger partial charge in [-0.1, -0.05) is 115 Å². The van der Waals surface area contributed by atoms with Crippen LogP contribution in [-0.4, -0.2) is 0 Å². The highest BCUT2D eigenvalue weighted by molar-refractivity contribution is 7.26. The van der Waals surface area contributed by atoms with E-state index in [1.54, 1.807) is 0 Å². The molecule has 0 bridgehead atoms. The summed E-state index contributed by atoms with van der Waals surface area (Å²) in [4.78, 5) is 0. The molecule has 0 amide bonds. The van der Waals surface area contributed by atoms with Crippen LogP contribution in [0, 0.1) is 0 Å². The predicted molar refractivity (Wildman–Crippen MR) is 205 cm³/mol. The number of hydrogen-bond donors (Lipinski definition) is 0. The Balaban J connectivity index is 1.24. The maximum atomic E-state index is 6.86. The highest BCUT2D eigenvalue weighted by atomic mass is 32.1. The molecule has 0 spiro atoms. The average molecular weight is 633 g/mol. The number of fused-ring (bicyclic) bond motifs is 12. The van der Waals surface area contributed by atoms with Gasteiger partial charge in [-0.2, -0.15) is 0 Å². The number of rotatable bonds is 2. The van der Waals surface area contributed by atoms with Crippen molar-refractivity contribution in [2.24, 2.45) is 0 Å². The molecular formula is C44H24OS2. The number of thiophene rings is 2. The van der Waals surface area contributed by atoms with E-state index in [-0.39, 0.29) is 0 Å². The van der Waals surface area contributed by atoms with Crippen LogP contribution in [0.3, 0.4) is 0 Å². The molecular weight excluding hydrogens is 609 g/mol. The molecule has 11 aromatic rings. The van der Waals surface area contributed by atoms with Gasteiger partial charge in [0.25, 0.3) is 0 Å². The zero-order valence-corrected chi connectivity index (χ0v) is 26.7. The van der Waals surface area contributed by atoms with E-state index in [4.69, 9.17) is 4.42 Å². The third-order valence-corrected chi connectivity index (χ3v) is 12.1. The van der Waals surface area contributed by atoms with Gasteiger partial charge in [0.15, 0.2) is 0 Å². The monoisotopic (exact) mass is 632 g/mol. The van der Waals surface area contributed by atoms with Crippen LogP contribution in [0.15, 0.2) is 150 Å². The first-order valence-electron chi connectivity index (χ1n) is 15.9. The normalized spacial score (nSPS) is 12.3. The Morgan fingerprint density at radius 2 is 0.936 bits per heavy atom. The fourth-order valence-corrected chi connectivity index (χ4v) is 10.2. The summed E-state index contributed by atoms with van der Waals surface area (Å²) in [6, 6.07) is 53.3. The lowest BCUT2D eigenvalue weighted by molar-refractivity contribution is 0.670. The van der Waals surface area contributed by atoms with Crippen LogP contribution in [0.25, 0.3) is 106 Å². The second-order valence-corrected chi connectivity index (χ2v) is 14.5. The first-order chi connectivity index (χ1) is 23.3. The summed E-state index contributed by atoms with van der Waals surface area (Å²) in [5, 5.41) is 12.6. The van der Waals surface area contributed by atoms with E-state index in [1.807, 2.05) is 22.7 Å². The molecule has 3 heteroatoms. The summed E-state index contributed by atoms with van der Waals surface area (Å²) < 4.78 is 12.1. The molecule has 0 unspecified atom stereocenters. The molecule has 0 aliphatic carbocycles. The quantitative estimate of drug-likeness (QED) is 0.173. The molecule has 0 atom stereocenters. The topological polar surface area (TPSA) is 13.1 Å². The van der Waals surface area contributed by atoms with Gasteiger partial charge in [0.1, 0.15) is 11.2 Å². The maximum absolute atomic E-state index is 6.86. The van der Waals surface area contributed by atoms with Crippen LogP contribution in [0.4, 0.5) is 0 Å². The molecule has 3 aromatic heterocycles. The Hall–Kier alpha value is -5.48. The molecule has 11 rings (SSSR count). The Morgan fingerprint density at radius 3 is 1.68 bits per heavy atom. The van der Waals surface area contributed by atoms with Crippen molar-refractivity contribution < 1.29 is 4.42 Å². The largest absolute Gasteiger partial charge is 0.455 e. The lowest BCUT2D eigenvalue weighted by atomic mass is 9.85. The molecule has 0 fully saturated rings. The Morgan fingerprint density at radius 1 is 0.362 bits per heavy atom. The van der Waals surface area contributed by atoms with Gasteiger partial charge in [0.2, 0.25) is 0 Å². The summed E-state index contributed by atoms with van der Waals surface area (Å²) >= 11 is 3.73. The first-order valence-corrected chi connectivity index (χ1v) is 17.6. The summed E-state index contributed by atoms with van der Waals surface area (Å²) in [6.45, 7) is 0. The molecule has 0 aliphatic heterocycles. The number of hydrogen-bond acceptors (Lipinski definition) is 3. The summed E-state index contributed by atoms with van der Waals surface area (Å²) in [7, 11) is 0. The summed E-state index contributed by atoms with van der Waals surface area (Å²) in [5.41, 5.74) is 6.76. The molecule has 218 valence electrons. The molecule has 0 N–H and O–H groups in total. The van der Waals surface area contributed by atoms with E-state index in [0.29, 0.717) is 0 Å². The minimum Gasteiger partial charge on any atom is -0.455 e. The van der Waals surface area contributed by atoms with Gasteiger partial charge in [0.05, 0.1) is 0 Å². The van der Waals surface area contributed by atoms with Gasteiger partial charge in [-0.15, -0.1) is 22.7 Å². The molecule has 0 aliphatic rings. The van der Waals surface area contributed by atoms with E-state index >= 15 is 0 Å². The van der Waals surface area contributed by atoms with E-state index in [1.165, 1.54) is 89.4 Å². The Labute approximate surface area is 277 Å². The lowest BCUT2D eigenvalue weighted by Gasteiger charge is -2.18. The van der Waals surface area contributed by atoms with Crippen molar-refractivity contribution in [1.82, 2.24) is 0 Å². The van der Waals surface area contributed by atoms with Crippen molar-refractivity contribution >= 4 is 107 Å². The van der Waals surface area contributed by atoms with Crippen molar-refractivity contribution in [3.05, 3.63) is 146 Å². The third kappa shape index (κ3) is 3.53. The number of para-hydroxylation sites is 1. The van der Waals surface area contributed by atoms with Crippen LogP contribution >= 0.6 is 22.7 Å². The van der Waals surface area contributed by atoms with Crippen LogP contribution in [0.2, 0.25) is 0 Å². The molecule has 0 saturated carbocycles. The third-order valence-electron chi connectivity index (χ3n) is 9.87. The van der Waals surface area contributed by atoms with E-state index < -0.39 is 0 Å². The highest BCUT2D eigenvalue weighted by Crippen LogP contribution is 2.49. The average Bonchev–Trinajstić information content (AvgIpc) is 3.81. The van der Waals surface area contributed by atoms with Gasteiger partial charge < -0.3 is 4.42 Å². The van der Waals surface area contributed by atoms with Crippen LogP contribution in [0.5, 0.6) is 0 Å². The van der Waals surface area contributed by atoms with Gasteiger partial charge in [0, 0.05) is 62.2 Å². The van der Waals surface area contributed by atoms with Gasteiger partial charge in [-0.25, -0.2) is 0 Å². The van der Waals surface area contributed by atoms with Crippen molar-refractivity contribution in [2.75, 3.05) is 0 Å². The maximum Gasteiger partial charge on any atom is 0.143 e. The second kappa shape index (κ2) is 9.52. The van der Waals surface area contributed by atoms with Crippen molar-refractivity contribution in [3.8, 4) is 22.3 Å².